The summed E-state index contributed by atoms with van der Waals surface area (Å²) in [7, 11) is -1.26. The number of hydrogen-bond donors (Lipinski definition) is 0. The summed E-state index contributed by atoms with van der Waals surface area (Å²) < 4.78 is 19.6. The summed E-state index contributed by atoms with van der Waals surface area (Å²) in [6, 6.07) is 15.7. The average Bonchev–Trinajstić information content (AvgIpc) is 3.35. The Hall–Kier alpha value is -3.37. The van der Waals surface area contributed by atoms with E-state index in [1.54, 1.807) is 9.80 Å². The molecule has 0 bridgehead atoms. The third-order valence-corrected chi connectivity index (χ3v) is 9.80. The summed E-state index contributed by atoms with van der Waals surface area (Å²) in [4.78, 5) is 34.6. The monoisotopic (exact) mass is 650 g/mol. The Labute approximate surface area is 276 Å². The van der Waals surface area contributed by atoms with E-state index in [4.69, 9.17) is 19.2 Å². The van der Waals surface area contributed by atoms with Crippen molar-refractivity contribution in [3.05, 3.63) is 59.4 Å². The van der Waals surface area contributed by atoms with E-state index in [0.29, 0.717) is 51.1 Å². The van der Waals surface area contributed by atoms with Crippen molar-refractivity contribution in [3.8, 4) is 5.75 Å². The molecule has 2 heterocycles. The highest BCUT2D eigenvalue weighted by molar-refractivity contribution is 6.76. The molecule has 2 amide bonds. The van der Waals surface area contributed by atoms with Crippen molar-refractivity contribution in [2.75, 3.05) is 39.4 Å². The second kappa shape index (κ2) is 15.5. The first-order chi connectivity index (χ1) is 21.7. The minimum Gasteiger partial charge on any atom is -0.494 e. The van der Waals surface area contributed by atoms with Crippen LogP contribution in [0.5, 0.6) is 5.75 Å². The average molecular weight is 651 g/mol. The van der Waals surface area contributed by atoms with Crippen LogP contribution in [0.1, 0.15) is 75.1 Å². The van der Waals surface area contributed by atoms with Gasteiger partial charge in [0.05, 0.1) is 17.6 Å². The van der Waals surface area contributed by atoms with Gasteiger partial charge in [-0.05, 0) is 87.4 Å². The molecular weight excluding hydrogens is 597 g/mol. The fourth-order valence-corrected chi connectivity index (χ4v) is 6.05. The molecule has 0 unspecified atom stereocenters. The van der Waals surface area contributed by atoms with Crippen LogP contribution in [0.4, 0.5) is 4.79 Å². The van der Waals surface area contributed by atoms with Crippen LogP contribution in [-0.2, 0) is 22.6 Å². The lowest BCUT2D eigenvalue weighted by Crippen LogP contribution is -2.52. The van der Waals surface area contributed by atoms with Crippen molar-refractivity contribution in [3.63, 3.8) is 0 Å². The summed E-state index contributed by atoms with van der Waals surface area (Å²) in [6.45, 7) is 20.2. The minimum absolute atomic E-state index is 0.144. The van der Waals surface area contributed by atoms with Crippen molar-refractivity contribution < 1.29 is 23.8 Å². The van der Waals surface area contributed by atoms with Gasteiger partial charge < -0.3 is 24.0 Å². The molecule has 1 aliphatic rings. The van der Waals surface area contributed by atoms with Crippen LogP contribution in [0.3, 0.4) is 0 Å². The molecule has 1 aromatic heterocycles. The summed E-state index contributed by atoms with van der Waals surface area (Å²) in [6.07, 6.45) is 2.50. The Morgan fingerprint density at radius 3 is 2.33 bits per heavy atom. The summed E-state index contributed by atoms with van der Waals surface area (Å²) in [5.74, 6) is 1.63. The van der Waals surface area contributed by atoms with Crippen LogP contribution < -0.4 is 4.74 Å². The molecule has 9 nitrogen and oxygen atoms in total. The molecule has 1 fully saturated rings. The molecule has 3 aromatic rings. The summed E-state index contributed by atoms with van der Waals surface area (Å²) >= 11 is 0. The van der Waals surface area contributed by atoms with Gasteiger partial charge in [-0.15, -0.1) is 0 Å². The molecule has 252 valence electrons. The molecule has 4 rings (SSSR count). The van der Waals surface area contributed by atoms with Crippen molar-refractivity contribution in [2.24, 2.45) is 0 Å². The number of rotatable bonds is 13. The number of hydrogen-bond acceptors (Lipinski definition) is 6. The van der Waals surface area contributed by atoms with Gasteiger partial charge in [-0.25, -0.2) is 9.78 Å². The molecule has 0 aliphatic carbocycles. The van der Waals surface area contributed by atoms with Crippen LogP contribution >= 0.6 is 0 Å². The van der Waals surface area contributed by atoms with Crippen LogP contribution in [0.2, 0.25) is 25.7 Å². The van der Waals surface area contributed by atoms with Crippen LogP contribution in [0.15, 0.2) is 42.5 Å². The molecule has 1 aliphatic heterocycles. The lowest BCUT2D eigenvalue weighted by Gasteiger charge is -2.35. The van der Waals surface area contributed by atoms with Gasteiger partial charge >= 0.3 is 6.09 Å². The second-order valence-corrected chi connectivity index (χ2v) is 20.4. The van der Waals surface area contributed by atoms with Crippen molar-refractivity contribution in [1.29, 1.82) is 0 Å². The fourth-order valence-electron chi connectivity index (χ4n) is 5.30. The van der Waals surface area contributed by atoms with E-state index in [0.717, 1.165) is 42.1 Å². The van der Waals surface area contributed by atoms with E-state index in [1.165, 1.54) is 11.1 Å². The maximum absolute atomic E-state index is 13.8. The lowest BCUT2D eigenvalue weighted by molar-refractivity contribution is 0.0136. The first-order valence-corrected chi connectivity index (χ1v) is 20.5. The number of piperazine rings is 1. The smallest absolute Gasteiger partial charge is 0.410 e. The topological polar surface area (TPSA) is 86.1 Å². The Bertz CT molecular complexity index is 1470. The number of benzene rings is 2. The Kier molecular flexibility index (Phi) is 11.9. The maximum atomic E-state index is 13.8. The number of fused-ring (bicyclic) bond motifs is 1. The largest absolute Gasteiger partial charge is 0.494 e. The normalized spacial score (nSPS) is 14.3. The Morgan fingerprint density at radius 2 is 1.65 bits per heavy atom. The standard InChI is InChI=1S/C36H54N4O5Si/c1-27(2)29-13-11-14-30(25-29)44-21-10-9-12-28-15-16-31-32(24-28)40(26-43-22-23-46(6,7)8)33(37-31)34(41)38-17-19-39(20-18-38)35(42)45-36(3,4)5/h11,13-16,24-25,27H,9-10,12,17-23,26H2,1-8H3. The van der Waals surface area contributed by atoms with Gasteiger partial charge in [-0.2, -0.15) is 0 Å². The molecule has 0 atom stereocenters. The van der Waals surface area contributed by atoms with Crippen LogP contribution in [0.25, 0.3) is 11.0 Å². The summed E-state index contributed by atoms with van der Waals surface area (Å²) in [5.41, 5.74) is 3.61. The number of nitrogens with zero attached hydrogens (tertiary/aromatic N) is 4. The van der Waals surface area contributed by atoms with Gasteiger partial charge in [0.25, 0.3) is 5.91 Å². The first-order valence-electron chi connectivity index (χ1n) is 16.8. The molecule has 0 spiro atoms. The van der Waals surface area contributed by atoms with E-state index in [9.17, 15) is 9.59 Å². The molecular formula is C36H54N4O5Si. The fraction of sp³-hybridized carbons (Fsp3) is 0.583. The van der Waals surface area contributed by atoms with Crippen molar-refractivity contribution >= 4 is 31.1 Å². The highest BCUT2D eigenvalue weighted by atomic mass is 28.3. The predicted octanol–water partition coefficient (Wildman–Crippen LogP) is 7.57. The van der Waals surface area contributed by atoms with Crippen molar-refractivity contribution in [2.45, 2.75) is 97.8 Å². The first kappa shape index (κ1) is 35.5. The Morgan fingerprint density at radius 1 is 0.935 bits per heavy atom. The van der Waals surface area contributed by atoms with E-state index in [1.807, 2.05) is 37.5 Å². The second-order valence-electron chi connectivity index (χ2n) is 14.8. The van der Waals surface area contributed by atoms with Crippen LogP contribution in [-0.4, -0.2) is 84.4 Å². The number of carbonyl (C=O) groups is 2. The SMILES string of the molecule is CC(C)c1cccc(OCCCCc2ccc3nc(C(=O)N4CCN(C(=O)OC(C)(C)C)CC4)n(COCC[Si](C)(C)C)c3c2)c1. The molecule has 1 saturated heterocycles. The zero-order chi connectivity index (χ0) is 33.5. The third-order valence-electron chi connectivity index (χ3n) is 8.09. The Balaban J connectivity index is 1.42. The number of carbonyl (C=O) groups excluding carboxylic acids is 2. The van der Waals surface area contributed by atoms with Crippen molar-refractivity contribution in [1.82, 2.24) is 19.4 Å². The number of imidazole rings is 1. The number of unbranched alkanes of at least 4 members (excludes halogenated alkanes) is 1. The van der Waals surface area contributed by atoms with Gasteiger partial charge in [0, 0.05) is 40.9 Å². The van der Waals surface area contributed by atoms with Gasteiger partial charge in [0.2, 0.25) is 5.82 Å². The molecule has 2 aromatic carbocycles. The minimum atomic E-state index is -1.26. The number of aryl methyl sites for hydroxylation is 1. The maximum Gasteiger partial charge on any atom is 0.410 e. The predicted molar refractivity (Wildman–Crippen MR) is 187 cm³/mol. The van der Waals surface area contributed by atoms with E-state index < -0.39 is 13.7 Å². The molecule has 0 saturated carbocycles. The van der Waals surface area contributed by atoms with Gasteiger partial charge in [0.15, 0.2) is 0 Å². The number of aromatic nitrogens is 2. The summed E-state index contributed by atoms with van der Waals surface area (Å²) in [5, 5.41) is 0. The highest BCUT2D eigenvalue weighted by Crippen LogP contribution is 2.23. The molecule has 0 radical (unpaired) electrons. The quantitative estimate of drug-likeness (QED) is 0.140. The van der Waals surface area contributed by atoms with Gasteiger partial charge in [0.1, 0.15) is 18.1 Å². The lowest BCUT2D eigenvalue weighted by atomic mass is 10.0. The van der Waals surface area contributed by atoms with E-state index >= 15 is 0 Å². The third kappa shape index (κ3) is 10.3. The van der Waals surface area contributed by atoms with E-state index in [2.05, 4.69) is 63.8 Å². The number of ether oxygens (including phenoxy) is 3. The molecule has 46 heavy (non-hydrogen) atoms. The zero-order valence-corrected chi connectivity index (χ0v) is 30.2. The van der Waals surface area contributed by atoms with Crippen LogP contribution in [0, 0.1) is 0 Å². The highest BCUT2D eigenvalue weighted by Gasteiger charge is 2.30. The van der Waals surface area contributed by atoms with E-state index in [-0.39, 0.29) is 18.7 Å². The van der Waals surface area contributed by atoms with Gasteiger partial charge in [-0.3, -0.25) is 9.36 Å². The zero-order valence-electron chi connectivity index (χ0n) is 29.2. The molecule has 0 N–H and O–H groups in total. The molecule has 10 heteroatoms. The van der Waals surface area contributed by atoms with Gasteiger partial charge in [-0.1, -0.05) is 51.7 Å². The number of amides is 2.